The lowest BCUT2D eigenvalue weighted by Gasteiger charge is -2.35. The lowest BCUT2D eigenvalue weighted by atomic mass is 9.80. The van der Waals surface area contributed by atoms with E-state index < -0.39 is 5.41 Å². The Morgan fingerprint density at radius 2 is 2.21 bits per heavy atom. The predicted molar refractivity (Wildman–Crippen MR) is 52.2 cm³/mol. The normalized spacial score (nSPS) is 18.4. The summed E-state index contributed by atoms with van der Waals surface area (Å²) in [6.07, 6.45) is 0. The van der Waals surface area contributed by atoms with Crippen molar-refractivity contribution in [2.45, 2.75) is 5.41 Å². The van der Waals surface area contributed by atoms with Gasteiger partial charge in [0.05, 0.1) is 19.3 Å². The molecule has 0 amide bonds. The fourth-order valence-corrected chi connectivity index (χ4v) is 1.81. The summed E-state index contributed by atoms with van der Waals surface area (Å²) >= 11 is 3.25. The topological polar surface area (TPSA) is 33.0 Å². The zero-order valence-electron chi connectivity index (χ0n) is 7.26. The Balaban J connectivity index is 2.50. The molecular formula is C10H7BrFNO. The summed E-state index contributed by atoms with van der Waals surface area (Å²) in [7, 11) is 0. The molecule has 0 atom stereocenters. The van der Waals surface area contributed by atoms with Crippen molar-refractivity contribution < 1.29 is 9.13 Å². The Labute approximate surface area is 89.4 Å². The summed E-state index contributed by atoms with van der Waals surface area (Å²) in [5.74, 6) is -0.349. The van der Waals surface area contributed by atoms with Crippen LogP contribution in [0.4, 0.5) is 4.39 Å². The molecule has 1 aromatic rings. The van der Waals surface area contributed by atoms with E-state index in [1.807, 2.05) is 0 Å². The smallest absolute Gasteiger partial charge is 0.131 e. The van der Waals surface area contributed by atoms with E-state index in [9.17, 15) is 4.39 Å². The van der Waals surface area contributed by atoms with Gasteiger partial charge in [-0.2, -0.15) is 5.26 Å². The average Bonchev–Trinajstić information content (AvgIpc) is 2.10. The molecule has 0 radical (unpaired) electrons. The average molecular weight is 256 g/mol. The van der Waals surface area contributed by atoms with E-state index in [2.05, 4.69) is 22.0 Å². The highest BCUT2D eigenvalue weighted by Gasteiger charge is 2.42. The zero-order valence-corrected chi connectivity index (χ0v) is 8.84. The Morgan fingerprint density at radius 3 is 2.71 bits per heavy atom. The molecule has 0 aliphatic carbocycles. The fourth-order valence-electron chi connectivity index (χ4n) is 1.45. The molecule has 1 fully saturated rings. The van der Waals surface area contributed by atoms with Gasteiger partial charge in [0.25, 0.3) is 0 Å². The minimum atomic E-state index is -0.784. The van der Waals surface area contributed by atoms with Gasteiger partial charge in [0.2, 0.25) is 0 Å². The monoisotopic (exact) mass is 255 g/mol. The molecule has 1 aromatic carbocycles. The van der Waals surface area contributed by atoms with Crippen molar-refractivity contribution >= 4 is 15.9 Å². The summed E-state index contributed by atoms with van der Waals surface area (Å²) in [4.78, 5) is 0. The second kappa shape index (κ2) is 3.34. The molecule has 0 bridgehead atoms. The first kappa shape index (κ1) is 9.63. The standard InChI is InChI=1S/C10H7BrFNO/c11-7-1-2-9(12)8(3-7)10(4-13)5-14-6-10/h1-3H,5-6H2. The number of hydrogen-bond donors (Lipinski definition) is 0. The van der Waals surface area contributed by atoms with Crippen molar-refractivity contribution in [3.8, 4) is 6.07 Å². The number of nitrogens with zero attached hydrogens (tertiary/aromatic N) is 1. The first-order valence-electron chi connectivity index (χ1n) is 4.12. The highest BCUT2D eigenvalue weighted by Crippen LogP contribution is 2.34. The van der Waals surface area contributed by atoms with Crippen LogP contribution in [0, 0.1) is 17.1 Å². The summed E-state index contributed by atoms with van der Waals surface area (Å²) < 4.78 is 19.2. The Bertz CT molecular complexity index is 409. The van der Waals surface area contributed by atoms with Crippen LogP contribution in [0.2, 0.25) is 0 Å². The molecule has 0 spiro atoms. The van der Waals surface area contributed by atoms with Gasteiger partial charge in [-0.1, -0.05) is 15.9 Å². The van der Waals surface area contributed by atoms with Crippen LogP contribution in [-0.4, -0.2) is 13.2 Å². The quantitative estimate of drug-likeness (QED) is 0.772. The fraction of sp³-hybridized carbons (Fsp3) is 0.300. The molecule has 1 aliphatic heterocycles. The van der Waals surface area contributed by atoms with Crippen LogP contribution in [0.5, 0.6) is 0 Å². The molecule has 72 valence electrons. The van der Waals surface area contributed by atoms with Crippen LogP contribution in [0.15, 0.2) is 22.7 Å². The summed E-state index contributed by atoms with van der Waals surface area (Å²) in [5, 5.41) is 8.99. The second-order valence-corrected chi connectivity index (χ2v) is 4.23. The Morgan fingerprint density at radius 1 is 1.50 bits per heavy atom. The number of benzene rings is 1. The van der Waals surface area contributed by atoms with Crippen LogP contribution in [0.25, 0.3) is 0 Å². The molecule has 1 aliphatic rings. The van der Waals surface area contributed by atoms with Gasteiger partial charge in [0.15, 0.2) is 0 Å². The Kier molecular flexibility index (Phi) is 2.30. The summed E-state index contributed by atoms with van der Waals surface area (Å²) in [6, 6.07) is 6.73. The largest absolute Gasteiger partial charge is 0.377 e. The van der Waals surface area contributed by atoms with E-state index in [0.717, 1.165) is 4.47 Å². The number of nitriles is 1. The van der Waals surface area contributed by atoms with E-state index in [0.29, 0.717) is 5.56 Å². The van der Waals surface area contributed by atoms with Gasteiger partial charge in [0.1, 0.15) is 11.2 Å². The van der Waals surface area contributed by atoms with Crippen LogP contribution in [-0.2, 0) is 10.2 Å². The molecule has 0 aromatic heterocycles. The third kappa shape index (κ3) is 1.33. The van der Waals surface area contributed by atoms with Gasteiger partial charge in [-0.25, -0.2) is 4.39 Å². The van der Waals surface area contributed by atoms with E-state index >= 15 is 0 Å². The van der Waals surface area contributed by atoms with Crippen molar-refractivity contribution in [2.75, 3.05) is 13.2 Å². The van der Waals surface area contributed by atoms with Gasteiger partial charge in [-0.3, -0.25) is 0 Å². The van der Waals surface area contributed by atoms with Gasteiger partial charge in [-0.05, 0) is 18.2 Å². The SMILES string of the molecule is N#CC1(c2cc(Br)ccc2F)COC1. The van der Waals surface area contributed by atoms with E-state index in [1.165, 1.54) is 6.07 Å². The number of hydrogen-bond acceptors (Lipinski definition) is 2. The molecule has 1 saturated heterocycles. The van der Waals surface area contributed by atoms with Crippen molar-refractivity contribution in [3.05, 3.63) is 34.1 Å². The van der Waals surface area contributed by atoms with Gasteiger partial charge >= 0.3 is 0 Å². The molecule has 1 heterocycles. The van der Waals surface area contributed by atoms with Gasteiger partial charge < -0.3 is 4.74 Å². The third-order valence-electron chi connectivity index (χ3n) is 2.35. The van der Waals surface area contributed by atoms with Crippen molar-refractivity contribution in [1.82, 2.24) is 0 Å². The lowest BCUT2D eigenvalue weighted by Crippen LogP contribution is -2.46. The number of halogens is 2. The maximum atomic E-state index is 13.4. The highest BCUT2D eigenvalue weighted by molar-refractivity contribution is 9.10. The molecule has 2 nitrogen and oxygen atoms in total. The van der Waals surface area contributed by atoms with Crippen LogP contribution < -0.4 is 0 Å². The van der Waals surface area contributed by atoms with E-state index in [-0.39, 0.29) is 19.0 Å². The first-order chi connectivity index (χ1) is 6.68. The molecule has 0 N–H and O–H groups in total. The van der Waals surface area contributed by atoms with E-state index in [4.69, 9.17) is 10.00 Å². The first-order valence-corrected chi connectivity index (χ1v) is 4.92. The van der Waals surface area contributed by atoms with Crippen molar-refractivity contribution in [1.29, 1.82) is 5.26 Å². The number of ether oxygens (including phenoxy) is 1. The molecular weight excluding hydrogens is 249 g/mol. The minimum absolute atomic E-state index is 0.275. The predicted octanol–water partition coefficient (Wildman–Crippen LogP) is 2.38. The summed E-state index contributed by atoms with van der Waals surface area (Å²) in [6.45, 7) is 0.549. The molecule has 4 heteroatoms. The Hall–Kier alpha value is -0.920. The van der Waals surface area contributed by atoms with E-state index in [1.54, 1.807) is 12.1 Å². The highest BCUT2D eigenvalue weighted by atomic mass is 79.9. The van der Waals surface area contributed by atoms with Crippen molar-refractivity contribution in [3.63, 3.8) is 0 Å². The maximum absolute atomic E-state index is 13.4. The van der Waals surface area contributed by atoms with Gasteiger partial charge in [0, 0.05) is 10.0 Å². The lowest BCUT2D eigenvalue weighted by molar-refractivity contribution is -0.0313. The molecule has 14 heavy (non-hydrogen) atoms. The van der Waals surface area contributed by atoms with Crippen molar-refractivity contribution in [2.24, 2.45) is 0 Å². The molecule has 0 unspecified atom stereocenters. The number of rotatable bonds is 1. The zero-order chi connectivity index (χ0) is 10.2. The summed E-state index contributed by atoms with van der Waals surface area (Å²) in [5.41, 5.74) is -0.367. The van der Waals surface area contributed by atoms with Gasteiger partial charge in [-0.15, -0.1) is 0 Å². The van der Waals surface area contributed by atoms with Crippen LogP contribution >= 0.6 is 15.9 Å². The molecule has 2 rings (SSSR count). The van der Waals surface area contributed by atoms with Crippen LogP contribution in [0.1, 0.15) is 5.56 Å². The minimum Gasteiger partial charge on any atom is -0.377 e. The maximum Gasteiger partial charge on any atom is 0.131 e. The molecule has 0 saturated carbocycles. The van der Waals surface area contributed by atoms with Crippen LogP contribution in [0.3, 0.4) is 0 Å². The third-order valence-corrected chi connectivity index (χ3v) is 2.85. The second-order valence-electron chi connectivity index (χ2n) is 3.31.